The molecular weight excluding hydrogens is 368 g/mol. The molecule has 1 fully saturated rings. The largest absolute Gasteiger partial charge is 0.316 e. The molecular formula is C15H15ClN4O2S2. The molecule has 0 N–H and O–H groups in total. The van der Waals surface area contributed by atoms with E-state index >= 15 is 0 Å². The Bertz CT molecular complexity index is 1010. The fourth-order valence-electron chi connectivity index (χ4n) is 3.13. The average molecular weight is 383 g/mol. The van der Waals surface area contributed by atoms with Crippen molar-refractivity contribution in [2.24, 2.45) is 7.05 Å². The van der Waals surface area contributed by atoms with Crippen molar-refractivity contribution in [3.05, 3.63) is 40.6 Å². The second-order valence-electron chi connectivity index (χ2n) is 5.78. The van der Waals surface area contributed by atoms with Gasteiger partial charge in [0, 0.05) is 32.3 Å². The van der Waals surface area contributed by atoms with Crippen molar-refractivity contribution in [3.8, 4) is 0 Å². The van der Waals surface area contributed by atoms with Gasteiger partial charge < -0.3 is 4.57 Å². The van der Waals surface area contributed by atoms with Gasteiger partial charge in [-0.05, 0) is 30.7 Å². The maximum absolute atomic E-state index is 12.7. The van der Waals surface area contributed by atoms with Crippen LogP contribution in [0.4, 0.5) is 0 Å². The third-order valence-electron chi connectivity index (χ3n) is 4.32. The summed E-state index contributed by atoms with van der Waals surface area (Å²) in [5.74, 6) is 0.944. The van der Waals surface area contributed by atoms with Crippen LogP contribution in [0.15, 0.2) is 34.7 Å². The minimum atomic E-state index is -3.49. The summed E-state index contributed by atoms with van der Waals surface area (Å²) in [6, 6.07) is 6.95. The van der Waals surface area contributed by atoms with Gasteiger partial charge in [-0.3, -0.25) is 0 Å². The van der Waals surface area contributed by atoms with Gasteiger partial charge in [0.2, 0.25) is 0 Å². The molecule has 3 aromatic heterocycles. The number of pyridine rings is 1. The van der Waals surface area contributed by atoms with Crippen molar-refractivity contribution in [1.29, 1.82) is 0 Å². The number of imidazole rings is 1. The third-order valence-corrected chi connectivity index (χ3v) is 7.88. The smallest absolute Gasteiger partial charge is 0.252 e. The highest BCUT2D eigenvalue weighted by Crippen LogP contribution is 2.34. The molecule has 4 heterocycles. The van der Waals surface area contributed by atoms with Gasteiger partial charge in [-0.1, -0.05) is 11.6 Å². The van der Waals surface area contributed by atoms with Gasteiger partial charge in [-0.25, -0.2) is 18.4 Å². The highest BCUT2D eigenvalue weighted by Gasteiger charge is 2.36. The first-order valence-corrected chi connectivity index (χ1v) is 10.1. The van der Waals surface area contributed by atoms with Crippen molar-refractivity contribution in [1.82, 2.24) is 18.8 Å². The van der Waals surface area contributed by atoms with Crippen molar-refractivity contribution in [2.45, 2.75) is 16.5 Å². The van der Waals surface area contributed by atoms with Crippen LogP contribution in [0.3, 0.4) is 0 Å². The Balaban J connectivity index is 1.63. The van der Waals surface area contributed by atoms with E-state index < -0.39 is 10.0 Å². The quantitative estimate of drug-likeness (QED) is 0.698. The summed E-state index contributed by atoms with van der Waals surface area (Å²) < 4.78 is 29.7. The number of aryl methyl sites for hydroxylation is 1. The van der Waals surface area contributed by atoms with Crippen LogP contribution in [0.1, 0.15) is 18.2 Å². The van der Waals surface area contributed by atoms with E-state index in [1.165, 1.54) is 4.31 Å². The Hall–Kier alpha value is -1.48. The average Bonchev–Trinajstić information content (AvgIpc) is 3.27. The number of hydrogen-bond acceptors (Lipinski definition) is 5. The lowest BCUT2D eigenvalue weighted by Gasteiger charge is -2.15. The molecule has 3 aromatic rings. The molecule has 0 radical (unpaired) electrons. The summed E-state index contributed by atoms with van der Waals surface area (Å²) in [5.41, 5.74) is 1.65. The number of nitrogens with zero attached hydrogens (tertiary/aromatic N) is 4. The molecule has 1 saturated heterocycles. The molecule has 1 atom stereocenters. The van der Waals surface area contributed by atoms with Gasteiger partial charge in [0.05, 0.1) is 4.34 Å². The standard InChI is InChI=1S/C15H15ClN4O2S2/c1-19-14(18-11-3-2-7-17-15(11)19)10-6-8-20(9-10)24(21,22)13-5-4-12(16)23-13/h2-5,7,10H,6,8-9H2,1H3. The molecule has 126 valence electrons. The summed E-state index contributed by atoms with van der Waals surface area (Å²) in [6.07, 6.45) is 2.48. The van der Waals surface area contributed by atoms with Gasteiger partial charge in [-0.15, -0.1) is 11.3 Å². The lowest BCUT2D eigenvalue weighted by atomic mass is 10.1. The highest BCUT2D eigenvalue weighted by molar-refractivity contribution is 7.91. The van der Waals surface area contributed by atoms with Crippen LogP contribution in [0.5, 0.6) is 0 Å². The van der Waals surface area contributed by atoms with Crippen molar-refractivity contribution < 1.29 is 8.42 Å². The van der Waals surface area contributed by atoms with Crippen LogP contribution >= 0.6 is 22.9 Å². The lowest BCUT2D eigenvalue weighted by Crippen LogP contribution is -2.28. The minimum Gasteiger partial charge on any atom is -0.316 e. The summed E-state index contributed by atoms with van der Waals surface area (Å²) in [5, 5.41) is 0. The van der Waals surface area contributed by atoms with Gasteiger partial charge >= 0.3 is 0 Å². The summed E-state index contributed by atoms with van der Waals surface area (Å²) in [7, 11) is -1.56. The first-order chi connectivity index (χ1) is 11.5. The Morgan fingerprint density at radius 3 is 2.88 bits per heavy atom. The second kappa shape index (κ2) is 5.80. The monoisotopic (exact) mass is 382 g/mol. The summed E-state index contributed by atoms with van der Waals surface area (Å²) >= 11 is 6.97. The minimum absolute atomic E-state index is 0.0643. The van der Waals surface area contributed by atoms with E-state index in [-0.39, 0.29) is 5.92 Å². The number of aromatic nitrogens is 3. The van der Waals surface area contributed by atoms with Gasteiger partial charge in [0.15, 0.2) is 5.65 Å². The molecule has 9 heteroatoms. The molecule has 4 rings (SSSR count). The van der Waals surface area contributed by atoms with Crippen LogP contribution < -0.4 is 0 Å². The van der Waals surface area contributed by atoms with Gasteiger partial charge in [0.25, 0.3) is 10.0 Å². The van der Waals surface area contributed by atoms with Crippen LogP contribution in [0.25, 0.3) is 11.2 Å². The van der Waals surface area contributed by atoms with E-state index in [2.05, 4.69) is 9.97 Å². The SMILES string of the molecule is Cn1c(C2CCN(S(=O)(=O)c3ccc(Cl)s3)C2)nc2cccnc21. The maximum Gasteiger partial charge on any atom is 0.252 e. The zero-order valence-electron chi connectivity index (χ0n) is 12.9. The number of halogens is 1. The zero-order valence-corrected chi connectivity index (χ0v) is 15.3. The Morgan fingerprint density at radius 1 is 1.33 bits per heavy atom. The van der Waals surface area contributed by atoms with Crippen molar-refractivity contribution >= 4 is 44.1 Å². The topological polar surface area (TPSA) is 68.1 Å². The van der Waals surface area contributed by atoms with E-state index in [0.29, 0.717) is 21.6 Å². The Kier molecular flexibility index (Phi) is 3.87. The van der Waals surface area contributed by atoms with Gasteiger partial charge in [-0.2, -0.15) is 4.31 Å². The van der Waals surface area contributed by atoms with E-state index in [0.717, 1.165) is 34.7 Å². The molecule has 0 bridgehead atoms. The fourth-order valence-corrected chi connectivity index (χ4v) is 6.26. The van der Waals surface area contributed by atoms with Crippen LogP contribution in [-0.4, -0.2) is 40.3 Å². The Labute approximate surface area is 148 Å². The third kappa shape index (κ3) is 2.54. The zero-order chi connectivity index (χ0) is 16.9. The number of rotatable bonds is 3. The predicted octanol–water partition coefficient (Wildman–Crippen LogP) is 2.86. The van der Waals surface area contributed by atoms with E-state index in [1.54, 1.807) is 18.3 Å². The van der Waals surface area contributed by atoms with E-state index in [1.807, 2.05) is 23.7 Å². The van der Waals surface area contributed by atoms with Crippen LogP contribution in [0, 0.1) is 0 Å². The van der Waals surface area contributed by atoms with Crippen molar-refractivity contribution in [3.63, 3.8) is 0 Å². The normalized spacial score (nSPS) is 19.3. The molecule has 0 aliphatic carbocycles. The number of sulfonamides is 1. The first kappa shape index (κ1) is 16.0. The van der Waals surface area contributed by atoms with Crippen LogP contribution in [0.2, 0.25) is 4.34 Å². The summed E-state index contributed by atoms with van der Waals surface area (Å²) in [4.78, 5) is 8.99. The van der Waals surface area contributed by atoms with E-state index in [4.69, 9.17) is 11.6 Å². The maximum atomic E-state index is 12.7. The highest BCUT2D eigenvalue weighted by atomic mass is 35.5. The summed E-state index contributed by atoms with van der Waals surface area (Å²) in [6.45, 7) is 0.911. The Morgan fingerprint density at radius 2 is 2.17 bits per heavy atom. The molecule has 1 aliphatic rings. The van der Waals surface area contributed by atoms with Crippen LogP contribution in [-0.2, 0) is 17.1 Å². The molecule has 1 unspecified atom stereocenters. The molecule has 24 heavy (non-hydrogen) atoms. The molecule has 0 aromatic carbocycles. The van der Waals surface area contributed by atoms with Crippen molar-refractivity contribution in [2.75, 3.05) is 13.1 Å². The lowest BCUT2D eigenvalue weighted by molar-refractivity contribution is 0.472. The molecule has 6 nitrogen and oxygen atoms in total. The fraction of sp³-hybridized carbons (Fsp3) is 0.333. The number of hydrogen-bond donors (Lipinski definition) is 0. The van der Waals surface area contributed by atoms with Gasteiger partial charge in [0.1, 0.15) is 15.6 Å². The molecule has 0 saturated carbocycles. The second-order valence-corrected chi connectivity index (χ2v) is 9.66. The number of thiophene rings is 1. The van der Waals surface area contributed by atoms with E-state index in [9.17, 15) is 8.42 Å². The molecule has 0 amide bonds. The molecule has 0 spiro atoms. The first-order valence-electron chi connectivity index (χ1n) is 7.49. The number of fused-ring (bicyclic) bond motifs is 1. The predicted molar refractivity (Wildman–Crippen MR) is 94.0 cm³/mol. The molecule has 1 aliphatic heterocycles.